The van der Waals surface area contributed by atoms with Crippen molar-refractivity contribution in [1.29, 1.82) is 0 Å². The first-order valence-corrected chi connectivity index (χ1v) is 8.73. The Morgan fingerprint density at radius 3 is 2.65 bits per heavy atom. The average molecular weight is 326 g/mol. The quantitative estimate of drug-likeness (QED) is 0.545. The molecule has 0 radical (unpaired) electrons. The first kappa shape index (κ1) is 15.8. The van der Waals surface area contributed by atoms with Gasteiger partial charge in [-0.05, 0) is 38.0 Å². The van der Waals surface area contributed by atoms with Gasteiger partial charge >= 0.3 is 5.97 Å². The molecule has 0 aromatic rings. The molecule has 4 aliphatic heterocycles. The fourth-order valence-corrected chi connectivity index (χ4v) is 5.17. The number of fused-ring (bicyclic) bond motifs is 2. The molecular weight excluding hydrogens is 300 g/mol. The summed E-state index contributed by atoms with van der Waals surface area (Å²) in [5.41, 5.74) is -0.594. The van der Waals surface area contributed by atoms with E-state index in [2.05, 4.69) is 13.8 Å². The number of carbonyl (C=O) groups is 1. The van der Waals surface area contributed by atoms with Crippen molar-refractivity contribution < 1.29 is 28.8 Å². The van der Waals surface area contributed by atoms with Gasteiger partial charge in [0.05, 0.1) is 0 Å². The van der Waals surface area contributed by atoms with Gasteiger partial charge in [0.25, 0.3) is 0 Å². The summed E-state index contributed by atoms with van der Waals surface area (Å²) in [6.45, 7) is 7.64. The predicted octanol–water partition coefficient (Wildman–Crippen LogP) is 2.76. The summed E-state index contributed by atoms with van der Waals surface area (Å²) in [6, 6.07) is 0. The van der Waals surface area contributed by atoms with E-state index in [0.717, 1.165) is 25.7 Å². The molecule has 2 bridgehead atoms. The Bertz CT molecular complexity index is 509. The molecule has 0 aromatic heterocycles. The predicted molar refractivity (Wildman–Crippen MR) is 78.6 cm³/mol. The highest BCUT2D eigenvalue weighted by molar-refractivity contribution is 5.66. The zero-order chi connectivity index (χ0) is 16.4. The van der Waals surface area contributed by atoms with Crippen LogP contribution in [0, 0.1) is 23.7 Å². The largest absolute Gasteiger partial charge is 0.436 e. The third-order valence-electron chi connectivity index (χ3n) is 6.38. The summed E-state index contributed by atoms with van der Waals surface area (Å²) in [5, 5.41) is 0. The number of carbonyl (C=O) groups excluding carboxylic acids is 1. The first-order valence-electron chi connectivity index (χ1n) is 8.73. The molecule has 5 aliphatic rings. The third kappa shape index (κ3) is 2.18. The van der Waals surface area contributed by atoms with Crippen molar-refractivity contribution in [2.24, 2.45) is 23.7 Å². The molecule has 0 aromatic carbocycles. The highest BCUT2D eigenvalue weighted by atomic mass is 17.3. The molecule has 130 valence electrons. The Morgan fingerprint density at radius 2 is 1.91 bits per heavy atom. The Hall–Kier alpha value is -0.690. The van der Waals surface area contributed by atoms with Gasteiger partial charge in [-0.1, -0.05) is 13.8 Å². The molecule has 0 N–H and O–H groups in total. The fourth-order valence-electron chi connectivity index (χ4n) is 5.17. The van der Waals surface area contributed by atoms with Crippen molar-refractivity contribution >= 4 is 5.97 Å². The molecule has 4 heterocycles. The van der Waals surface area contributed by atoms with Crippen LogP contribution in [-0.4, -0.2) is 29.9 Å². The zero-order valence-electron chi connectivity index (χ0n) is 14.2. The van der Waals surface area contributed by atoms with Gasteiger partial charge in [-0.2, -0.15) is 0 Å². The smallest absolute Gasteiger partial charge is 0.304 e. The van der Waals surface area contributed by atoms with Gasteiger partial charge in [0.15, 0.2) is 11.9 Å². The topological polar surface area (TPSA) is 63.2 Å². The maximum atomic E-state index is 11.4. The monoisotopic (exact) mass is 326 g/mol. The molecule has 1 saturated carbocycles. The molecule has 5 rings (SSSR count). The van der Waals surface area contributed by atoms with Crippen LogP contribution in [0.2, 0.25) is 0 Å². The zero-order valence-corrected chi connectivity index (χ0v) is 14.2. The van der Waals surface area contributed by atoms with Crippen LogP contribution in [0.1, 0.15) is 53.4 Å². The van der Waals surface area contributed by atoms with Gasteiger partial charge in [0.1, 0.15) is 0 Å². The van der Waals surface area contributed by atoms with E-state index in [9.17, 15) is 4.79 Å². The van der Waals surface area contributed by atoms with Gasteiger partial charge in [-0.3, -0.25) is 4.79 Å². The molecule has 3 unspecified atom stereocenters. The minimum atomic E-state index is -0.793. The maximum absolute atomic E-state index is 11.4. The normalized spacial score (nSPS) is 55.0. The molecule has 1 spiro atoms. The number of hydrogen-bond donors (Lipinski definition) is 0. The van der Waals surface area contributed by atoms with E-state index in [4.69, 9.17) is 24.0 Å². The van der Waals surface area contributed by atoms with Crippen molar-refractivity contribution in [3.63, 3.8) is 0 Å². The Morgan fingerprint density at radius 1 is 1.13 bits per heavy atom. The highest BCUT2D eigenvalue weighted by Crippen LogP contribution is 2.60. The summed E-state index contributed by atoms with van der Waals surface area (Å²) in [6.07, 6.45) is 2.78. The Kier molecular flexibility index (Phi) is 3.54. The molecule has 8 atom stereocenters. The van der Waals surface area contributed by atoms with Crippen molar-refractivity contribution in [2.45, 2.75) is 77.3 Å². The first-order chi connectivity index (χ1) is 10.9. The lowest BCUT2D eigenvalue weighted by molar-refractivity contribution is -0.576. The van der Waals surface area contributed by atoms with E-state index in [1.807, 2.05) is 6.92 Å². The maximum Gasteiger partial charge on any atom is 0.304 e. The van der Waals surface area contributed by atoms with Crippen LogP contribution in [-0.2, 0) is 28.8 Å². The van der Waals surface area contributed by atoms with Crippen LogP contribution in [0.3, 0.4) is 0 Å². The minimum Gasteiger partial charge on any atom is -0.436 e. The second kappa shape index (κ2) is 5.15. The van der Waals surface area contributed by atoms with E-state index < -0.39 is 24.0 Å². The van der Waals surface area contributed by atoms with E-state index in [1.54, 1.807) is 0 Å². The van der Waals surface area contributed by atoms with Gasteiger partial charge in [0.2, 0.25) is 12.1 Å². The Labute approximate surface area is 136 Å². The third-order valence-corrected chi connectivity index (χ3v) is 6.38. The van der Waals surface area contributed by atoms with Gasteiger partial charge in [0, 0.05) is 25.2 Å². The van der Waals surface area contributed by atoms with Gasteiger partial charge < -0.3 is 14.2 Å². The summed E-state index contributed by atoms with van der Waals surface area (Å²) >= 11 is 0. The molecule has 6 heteroatoms. The van der Waals surface area contributed by atoms with Gasteiger partial charge in [-0.15, -0.1) is 0 Å². The van der Waals surface area contributed by atoms with Crippen LogP contribution in [0.15, 0.2) is 0 Å². The lowest BCUT2D eigenvalue weighted by Crippen LogP contribution is -2.70. The molecule has 1 aliphatic carbocycles. The standard InChI is InChI=1S/C17H26O6/c1-9-5-6-13-10(2)14(19-11(3)18)20-15-17(13)12(9)7-8-16(4,21-15)22-23-17/h9-10,12-15H,5-8H2,1-4H3/t9-,10-,12+,13?,14?,15?,16-,17-/m1/s1. The summed E-state index contributed by atoms with van der Waals surface area (Å²) in [5.74, 6) is -0.0347. The molecular formula is C17H26O6. The Balaban J connectivity index is 1.74. The highest BCUT2D eigenvalue weighted by Gasteiger charge is 2.69. The molecule has 23 heavy (non-hydrogen) atoms. The van der Waals surface area contributed by atoms with Crippen LogP contribution < -0.4 is 0 Å². The lowest BCUT2D eigenvalue weighted by Gasteiger charge is -2.59. The van der Waals surface area contributed by atoms with Crippen LogP contribution >= 0.6 is 0 Å². The van der Waals surface area contributed by atoms with E-state index in [-0.39, 0.29) is 17.8 Å². The van der Waals surface area contributed by atoms with Crippen LogP contribution in [0.5, 0.6) is 0 Å². The average Bonchev–Trinajstić information content (AvgIpc) is 2.70. The van der Waals surface area contributed by atoms with E-state index >= 15 is 0 Å². The van der Waals surface area contributed by atoms with Crippen LogP contribution in [0.25, 0.3) is 0 Å². The second-order valence-corrected chi connectivity index (χ2v) is 7.88. The number of esters is 1. The van der Waals surface area contributed by atoms with Crippen molar-refractivity contribution in [3.8, 4) is 0 Å². The number of hydrogen-bond acceptors (Lipinski definition) is 6. The van der Waals surface area contributed by atoms with E-state index in [0.29, 0.717) is 11.8 Å². The fraction of sp³-hybridized carbons (Fsp3) is 0.941. The minimum absolute atomic E-state index is 0.0415. The molecule has 4 saturated heterocycles. The summed E-state index contributed by atoms with van der Waals surface area (Å²) < 4.78 is 17.7. The summed E-state index contributed by atoms with van der Waals surface area (Å²) in [4.78, 5) is 23.2. The molecule has 6 nitrogen and oxygen atoms in total. The van der Waals surface area contributed by atoms with Crippen molar-refractivity contribution in [2.75, 3.05) is 0 Å². The van der Waals surface area contributed by atoms with Crippen molar-refractivity contribution in [1.82, 2.24) is 0 Å². The summed E-state index contributed by atoms with van der Waals surface area (Å²) in [7, 11) is 0. The van der Waals surface area contributed by atoms with Crippen LogP contribution in [0.4, 0.5) is 0 Å². The number of rotatable bonds is 1. The molecule has 0 amide bonds. The second-order valence-electron chi connectivity index (χ2n) is 7.88. The van der Waals surface area contributed by atoms with E-state index in [1.165, 1.54) is 6.92 Å². The van der Waals surface area contributed by atoms with Crippen molar-refractivity contribution in [3.05, 3.63) is 0 Å². The van der Waals surface area contributed by atoms with Gasteiger partial charge in [-0.25, -0.2) is 9.78 Å². The lowest BCUT2D eigenvalue weighted by atomic mass is 9.58. The SMILES string of the molecule is CC(=O)OC1OC2O[C@@]3(C)CC[C@H]4[C@H](C)CCC([C@H]1C)[C@@]24OO3. The molecule has 5 fully saturated rings. The number of ether oxygens (including phenoxy) is 3.